The third kappa shape index (κ3) is 2.42. The second kappa shape index (κ2) is 4.38. The van der Waals surface area contributed by atoms with Gasteiger partial charge in [0.15, 0.2) is 5.76 Å². The molecule has 0 atom stereocenters. The summed E-state index contributed by atoms with van der Waals surface area (Å²) in [6.07, 6.45) is 3.55. The molecule has 0 aromatic carbocycles. The van der Waals surface area contributed by atoms with Gasteiger partial charge in [-0.25, -0.2) is 0 Å². The van der Waals surface area contributed by atoms with Gasteiger partial charge in [-0.1, -0.05) is 0 Å². The molecule has 5 nitrogen and oxygen atoms in total. The molecule has 0 saturated heterocycles. The first-order valence-electron chi connectivity index (χ1n) is 5.26. The van der Waals surface area contributed by atoms with Gasteiger partial charge in [0, 0.05) is 13.1 Å². The van der Waals surface area contributed by atoms with Gasteiger partial charge in [-0.15, -0.1) is 0 Å². The van der Waals surface area contributed by atoms with Crippen LogP contribution in [0.15, 0.2) is 22.8 Å². The van der Waals surface area contributed by atoms with Crippen LogP contribution in [0.5, 0.6) is 0 Å². The molecule has 1 aliphatic carbocycles. The fourth-order valence-corrected chi connectivity index (χ4v) is 1.44. The number of nitrogens with one attached hydrogen (secondary N) is 1. The fraction of sp³-hybridized carbons (Fsp3) is 0.455. The summed E-state index contributed by atoms with van der Waals surface area (Å²) in [7, 11) is 1.76. The van der Waals surface area contributed by atoms with Crippen molar-refractivity contribution in [2.45, 2.75) is 18.9 Å². The predicted molar refractivity (Wildman–Crippen MR) is 56.8 cm³/mol. The van der Waals surface area contributed by atoms with E-state index < -0.39 is 0 Å². The molecule has 0 bridgehead atoms. The van der Waals surface area contributed by atoms with Gasteiger partial charge in [0.25, 0.3) is 5.91 Å². The highest BCUT2D eigenvalue weighted by Crippen LogP contribution is 2.25. The van der Waals surface area contributed by atoms with Crippen LogP contribution in [0.25, 0.3) is 0 Å². The van der Waals surface area contributed by atoms with E-state index in [1.54, 1.807) is 24.1 Å². The molecule has 1 fully saturated rings. The minimum Gasteiger partial charge on any atom is -0.459 e. The second-order valence-electron chi connectivity index (χ2n) is 3.90. The lowest BCUT2D eigenvalue weighted by molar-refractivity contribution is -0.129. The van der Waals surface area contributed by atoms with Crippen LogP contribution < -0.4 is 5.32 Å². The molecule has 16 heavy (non-hydrogen) atoms. The Hall–Kier alpha value is -1.78. The largest absolute Gasteiger partial charge is 0.459 e. The zero-order chi connectivity index (χ0) is 11.5. The maximum Gasteiger partial charge on any atom is 0.287 e. The van der Waals surface area contributed by atoms with Crippen LogP contribution in [0.1, 0.15) is 23.4 Å². The molecule has 0 unspecified atom stereocenters. The number of furan rings is 1. The van der Waals surface area contributed by atoms with Crippen molar-refractivity contribution in [3.8, 4) is 0 Å². The standard InChI is InChI=1S/C11H14N2O3/c1-13(8-4-5-8)10(14)7-12-11(15)9-3-2-6-16-9/h2-3,6,8H,4-5,7H2,1H3,(H,12,15). The van der Waals surface area contributed by atoms with E-state index in [2.05, 4.69) is 5.32 Å². The van der Waals surface area contributed by atoms with Gasteiger partial charge in [-0.3, -0.25) is 9.59 Å². The van der Waals surface area contributed by atoms with Gasteiger partial charge in [-0.2, -0.15) is 0 Å². The van der Waals surface area contributed by atoms with Crippen LogP contribution >= 0.6 is 0 Å². The Morgan fingerprint density at radius 1 is 1.56 bits per heavy atom. The molecule has 1 saturated carbocycles. The van der Waals surface area contributed by atoms with E-state index in [1.807, 2.05) is 0 Å². The molecule has 0 radical (unpaired) electrons. The molecular formula is C11H14N2O3. The van der Waals surface area contributed by atoms with E-state index >= 15 is 0 Å². The molecule has 1 N–H and O–H groups in total. The predicted octanol–water partition coefficient (Wildman–Crippen LogP) is 0.630. The molecule has 2 rings (SSSR count). The van der Waals surface area contributed by atoms with Crippen molar-refractivity contribution in [2.75, 3.05) is 13.6 Å². The van der Waals surface area contributed by atoms with Crippen LogP contribution in [0.3, 0.4) is 0 Å². The van der Waals surface area contributed by atoms with Crippen LogP contribution in [0, 0.1) is 0 Å². The third-order valence-electron chi connectivity index (χ3n) is 2.63. The van der Waals surface area contributed by atoms with E-state index in [9.17, 15) is 9.59 Å². The third-order valence-corrected chi connectivity index (χ3v) is 2.63. The van der Waals surface area contributed by atoms with E-state index in [0.717, 1.165) is 12.8 Å². The summed E-state index contributed by atoms with van der Waals surface area (Å²) < 4.78 is 4.91. The lowest BCUT2D eigenvalue weighted by Gasteiger charge is -2.15. The molecular weight excluding hydrogens is 208 g/mol. The Morgan fingerprint density at radius 2 is 2.31 bits per heavy atom. The summed E-state index contributed by atoms with van der Waals surface area (Å²) in [4.78, 5) is 24.7. The Bertz CT molecular complexity index is 382. The summed E-state index contributed by atoms with van der Waals surface area (Å²) in [5, 5.41) is 2.52. The summed E-state index contributed by atoms with van der Waals surface area (Å²) in [6, 6.07) is 3.56. The van der Waals surface area contributed by atoms with Gasteiger partial charge in [0.1, 0.15) is 0 Å². The number of hydrogen-bond donors (Lipinski definition) is 1. The first kappa shape index (κ1) is 10.7. The number of carbonyl (C=O) groups is 2. The van der Waals surface area contributed by atoms with Crippen molar-refractivity contribution in [1.82, 2.24) is 10.2 Å². The molecule has 1 heterocycles. The van der Waals surface area contributed by atoms with E-state index in [-0.39, 0.29) is 24.1 Å². The molecule has 1 aliphatic rings. The number of nitrogens with zero attached hydrogens (tertiary/aromatic N) is 1. The van der Waals surface area contributed by atoms with Crippen molar-refractivity contribution in [3.63, 3.8) is 0 Å². The Labute approximate surface area is 93.4 Å². The SMILES string of the molecule is CN(C(=O)CNC(=O)c1ccco1)C1CC1. The van der Waals surface area contributed by atoms with Crippen molar-refractivity contribution < 1.29 is 14.0 Å². The molecule has 5 heteroatoms. The smallest absolute Gasteiger partial charge is 0.287 e. The lowest BCUT2D eigenvalue weighted by atomic mass is 10.4. The van der Waals surface area contributed by atoms with E-state index in [4.69, 9.17) is 4.42 Å². The van der Waals surface area contributed by atoms with Crippen LogP contribution in [-0.2, 0) is 4.79 Å². The zero-order valence-electron chi connectivity index (χ0n) is 9.10. The number of carbonyl (C=O) groups excluding carboxylic acids is 2. The van der Waals surface area contributed by atoms with Crippen LogP contribution in [0.2, 0.25) is 0 Å². The van der Waals surface area contributed by atoms with Crippen molar-refractivity contribution in [1.29, 1.82) is 0 Å². The molecule has 1 aromatic heterocycles. The Morgan fingerprint density at radius 3 is 2.88 bits per heavy atom. The maximum absolute atomic E-state index is 11.6. The lowest BCUT2D eigenvalue weighted by Crippen LogP contribution is -2.39. The van der Waals surface area contributed by atoms with Gasteiger partial charge < -0.3 is 14.6 Å². The number of amides is 2. The summed E-state index contributed by atoms with van der Waals surface area (Å²) in [5.41, 5.74) is 0. The number of rotatable bonds is 4. The molecule has 0 aliphatic heterocycles. The summed E-state index contributed by atoms with van der Waals surface area (Å²) in [6.45, 7) is 0.0204. The molecule has 86 valence electrons. The maximum atomic E-state index is 11.6. The van der Waals surface area contributed by atoms with Gasteiger partial charge in [0.2, 0.25) is 5.91 Å². The number of likely N-dealkylation sites (N-methyl/N-ethyl adjacent to an activating group) is 1. The van der Waals surface area contributed by atoms with Crippen molar-refractivity contribution >= 4 is 11.8 Å². The topological polar surface area (TPSA) is 62.6 Å². The first-order valence-corrected chi connectivity index (χ1v) is 5.26. The molecule has 1 aromatic rings. The van der Waals surface area contributed by atoms with Gasteiger partial charge >= 0.3 is 0 Å². The minimum absolute atomic E-state index is 0.0204. The van der Waals surface area contributed by atoms with Crippen LogP contribution in [0.4, 0.5) is 0 Å². The van der Waals surface area contributed by atoms with Crippen molar-refractivity contribution in [3.05, 3.63) is 24.2 Å². The van der Waals surface area contributed by atoms with E-state index in [0.29, 0.717) is 6.04 Å². The summed E-state index contributed by atoms with van der Waals surface area (Å²) >= 11 is 0. The van der Waals surface area contributed by atoms with Gasteiger partial charge in [-0.05, 0) is 25.0 Å². The average molecular weight is 222 g/mol. The fourth-order valence-electron chi connectivity index (χ4n) is 1.44. The quantitative estimate of drug-likeness (QED) is 0.812. The number of hydrogen-bond acceptors (Lipinski definition) is 3. The van der Waals surface area contributed by atoms with Gasteiger partial charge in [0.05, 0.1) is 12.8 Å². The average Bonchev–Trinajstić information content (AvgIpc) is 2.99. The van der Waals surface area contributed by atoms with Crippen molar-refractivity contribution in [2.24, 2.45) is 0 Å². The van der Waals surface area contributed by atoms with E-state index in [1.165, 1.54) is 6.26 Å². The molecule has 0 spiro atoms. The van der Waals surface area contributed by atoms with Crippen LogP contribution in [-0.4, -0.2) is 36.3 Å². The first-order chi connectivity index (χ1) is 7.68. The highest BCUT2D eigenvalue weighted by atomic mass is 16.3. The Kier molecular flexibility index (Phi) is 2.94. The minimum atomic E-state index is -0.359. The molecule has 2 amide bonds. The highest BCUT2D eigenvalue weighted by Gasteiger charge is 2.29. The summed E-state index contributed by atoms with van der Waals surface area (Å²) in [5.74, 6) is -0.202. The Balaban J connectivity index is 1.78. The zero-order valence-corrected chi connectivity index (χ0v) is 9.10. The highest BCUT2D eigenvalue weighted by molar-refractivity contribution is 5.94. The normalized spacial score (nSPS) is 14.6. The second-order valence-corrected chi connectivity index (χ2v) is 3.90. The monoisotopic (exact) mass is 222 g/mol.